The Bertz CT molecular complexity index is 617. The van der Waals surface area contributed by atoms with Crippen LogP contribution in [-0.4, -0.2) is 37.9 Å². The second-order valence-electron chi connectivity index (χ2n) is 4.90. The molecule has 1 aromatic rings. The monoisotopic (exact) mass is 279 g/mol. The van der Waals surface area contributed by atoms with Gasteiger partial charge in [-0.2, -0.15) is 0 Å². The molecule has 1 aliphatic heterocycles. The number of aliphatic carboxylic acids is 2. The maximum Gasteiger partial charge on any atom is 0.326 e. The number of ether oxygens (including phenoxy) is 1. The molecule has 2 heterocycles. The third-order valence-electron chi connectivity index (χ3n) is 3.60. The van der Waals surface area contributed by atoms with Crippen LogP contribution in [-0.2, 0) is 14.3 Å². The second kappa shape index (κ2) is 4.38. The van der Waals surface area contributed by atoms with E-state index in [2.05, 4.69) is 0 Å². The van der Waals surface area contributed by atoms with E-state index in [0.29, 0.717) is 11.1 Å². The molecule has 7 nitrogen and oxygen atoms in total. The number of hydrogen-bond donors (Lipinski definition) is 3. The number of aromatic nitrogens is 1. The zero-order chi connectivity index (χ0) is 14.4. The molecule has 0 aromatic carbocycles. The van der Waals surface area contributed by atoms with E-state index in [1.165, 1.54) is 10.8 Å². The van der Waals surface area contributed by atoms with Gasteiger partial charge in [0.15, 0.2) is 5.88 Å². The fraction of sp³-hybridized carbons (Fsp3) is 0.385. The molecule has 2 aliphatic rings. The minimum absolute atomic E-state index is 0.0495. The Kier molecular flexibility index (Phi) is 2.79. The van der Waals surface area contributed by atoms with Crippen molar-refractivity contribution in [2.45, 2.75) is 31.1 Å². The topological polar surface area (TPSA) is 112 Å². The first-order valence-corrected chi connectivity index (χ1v) is 6.21. The summed E-state index contributed by atoms with van der Waals surface area (Å²) in [6.45, 7) is 0. The Morgan fingerprint density at radius 2 is 2.15 bits per heavy atom. The van der Waals surface area contributed by atoms with E-state index in [-0.39, 0.29) is 30.9 Å². The Labute approximate surface area is 113 Å². The molecule has 0 radical (unpaired) electrons. The smallest absolute Gasteiger partial charge is 0.326 e. The number of fused-ring (bicyclic) bond motifs is 3. The lowest BCUT2D eigenvalue weighted by atomic mass is 10.0. The summed E-state index contributed by atoms with van der Waals surface area (Å²) in [5.41, 5.74) is 1.29. The number of nitrogens with zero attached hydrogens (tertiary/aromatic N) is 1. The van der Waals surface area contributed by atoms with Crippen LogP contribution in [0.3, 0.4) is 0 Å². The highest BCUT2D eigenvalue weighted by molar-refractivity contribution is 5.75. The highest BCUT2D eigenvalue weighted by Gasteiger charge is 2.45. The molecule has 3 unspecified atom stereocenters. The van der Waals surface area contributed by atoms with Crippen molar-refractivity contribution in [3.63, 3.8) is 0 Å². The van der Waals surface area contributed by atoms with Crippen molar-refractivity contribution in [2.24, 2.45) is 0 Å². The van der Waals surface area contributed by atoms with Gasteiger partial charge in [0.05, 0.1) is 5.56 Å². The quantitative estimate of drug-likeness (QED) is 0.697. The van der Waals surface area contributed by atoms with Crippen LogP contribution in [0.25, 0.3) is 6.08 Å². The SMILES string of the molecule is O=C(O)CCC(C(=O)O)n1cc2c(c1O)C1OC1C=C2. The van der Waals surface area contributed by atoms with Gasteiger partial charge >= 0.3 is 11.9 Å². The summed E-state index contributed by atoms with van der Waals surface area (Å²) in [7, 11) is 0. The Hall–Kier alpha value is -2.28. The zero-order valence-corrected chi connectivity index (χ0v) is 10.4. The number of carboxylic acid groups (broad SMARTS) is 2. The Balaban J connectivity index is 1.94. The lowest BCUT2D eigenvalue weighted by Gasteiger charge is -2.14. The summed E-state index contributed by atoms with van der Waals surface area (Å²) in [5, 5.41) is 28.1. The number of aromatic hydroxyl groups is 1. The molecule has 0 amide bonds. The molecule has 20 heavy (non-hydrogen) atoms. The molecule has 3 rings (SSSR count). The lowest BCUT2D eigenvalue weighted by Crippen LogP contribution is -2.19. The highest BCUT2D eigenvalue weighted by Crippen LogP contribution is 2.50. The van der Waals surface area contributed by atoms with Gasteiger partial charge in [0.1, 0.15) is 18.2 Å². The minimum Gasteiger partial charge on any atom is -0.494 e. The van der Waals surface area contributed by atoms with Crippen molar-refractivity contribution in [1.82, 2.24) is 4.57 Å². The van der Waals surface area contributed by atoms with E-state index in [1.807, 2.05) is 6.08 Å². The maximum atomic E-state index is 11.3. The summed E-state index contributed by atoms with van der Waals surface area (Å²) in [4.78, 5) is 21.9. The zero-order valence-electron chi connectivity index (χ0n) is 10.4. The third-order valence-corrected chi connectivity index (χ3v) is 3.60. The normalized spacial score (nSPS) is 23.8. The van der Waals surface area contributed by atoms with Crippen LogP contribution in [0.2, 0.25) is 0 Å². The average molecular weight is 279 g/mol. The van der Waals surface area contributed by atoms with Gasteiger partial charge in [-0.1, -0.05) is 12.2 Å². The number of rotatable bonds is 5. The van der Waals surface area contributed by atoms with Crippen LogP contribution in [0.1, 0.15) is 36.1 Å². The first-order valence-electron chi connectivity index (χ1n) is 6.21. The summed E-state index contributed by atoms with van der Waals surface area (Å²) < 4.78 is 6.55. The number of carbonyl (C=O) groups is 2. The van der Waals surface area contributed by atoms with Crippen LogP contribution < -0.4 is 0 Å². The van der Waals surface area contributed by atoms with E-state index >= 15 is 0 Å². The molecule has 0 spiro atoms. The number of epoxide rings is 1. The fourth-order valence-corrected chi connectivity index (χ4v) is 2.55. The Morgan fingerprint density at radius 1 is 1.40 bits per heavy atom. The molecular formula is C13H13NO6. The molecule has 7 heteroatoms. The third kappa shape index (κ3) is 1.96. The molecule has 106 valence electrons. The van der Waals surface area contributed by atoms with Gasteiger partial charge < -0.3 is 24.6 Å². The second-order valence-corrected chi connectivity index (χ2v) is 4.90. The summed E-state index contributed by atoms with van der Waals surface area (Å²) in [6.07, 6.45) is 4.51. The van der Waals surface area contributed by atoms with Gasteiger partial charge in [-0.15, -0.1) is 0 Å². The first kappa shape index (κ1) is 12.7. The molecule has 1 fully saturated rings. The summed E-state index contributed by atoms with van der Waals surface area (Å²) in [6, 6.07) is -1.11. The van der Waals surface area contributed by atoms with Crippen LogP contribution in [0.5, 0.6) is 5.88 Å². The molecular weight excluding hydrogens is 266 g/mol. The van der Waals surface area contributed by atoms with Crippen molar-refractivity contribution in [3.8, 4) is 5.88 Å². The van der Waals surface area contributed by atoms with E-state index in [1.54, 1.807) is 6.08 Å². The minimum atomic E-state index is -1.17. The molecule has 3 N–H and O–H groups in total. The van der Waals surface area contributed by atoms with Crippen molar-refractivity contribution >= 4 is 18.0 Å². The van der Waals surface area contributed by atoms with Gasteiger partial charge in [-0.3, -0.25) is 4.79 Å². The predicted molar refractivity (Wildman–Crippen MR) is 66.3 cm³/mol. The van der Waals surface area contributed by atoms with Crippen LogP contribution in [0.4, 0.5) is 0 Å². The fourth-order valence-electron chi connectivity index (χ4n) is 2.55. The number of carboxylic acids is 2. The highest BCUT2D eigenvalue weighted by atomic mass is 16.6. The van der Waals surface area contributed by atoms with Crippen LogP contribution in [0.15, 0.2) is 12.3 Å². The van der Waals surface area contributed by atoms with Gasteiger partial charge in [0, 0.05) is 18.2 Å². The summed E-state index contributed by atoms with van der Waals surface area (Å²) in [5.74, 6) is -2.40. The molecule has 1 aliphatic carbocycles. The van der Waals surface area contributed by atoms with E-state index in [4.69, 9.17) is 9.84 Å². The van der Waals surface area contributed by atoms with Crippen molar-refractivity contribution < 1.29 is 29.6 Å². The number of hydrogen-bond acceptors (Lipinski definition) is 4. The van der Waals surface area contributed by atoms with Crippen molar-refractivity contribution in [1.29, 1.82) is 0 Å². The van der Waals surface area contributed by atoms with Gasteiger partial charge in [0.25, 0.3) is 0 Å². The first-order chi connectivity index (χ1) is 9.49. The van der Waals surface area contributed by atoms with Crippen LogP contribution in [0, 0.1) is 0 Å². The average Bonchev–Trinajstić information content (AvgIpc) is 3.08. The molecule has 1 saturated heterocycles. The maximum absolute atomic E-state index is 11.3. The van der Waals surface area contributed by atoms with E-state index < -0.39 is 18.0 Å². The molecule has 1 aromatic heterocycles. The standard InChI is InChI=1S/C13H13NO6/c15-9(16)4-2-7(13(18)19)14-5-6-1-3-8-11(20-8)10(6)12(14)17/h1,3,5,7-8,11,17H,2,4H2,(H,15,16)(H,18,19). The molecule has 3 atom stereocenters. The predicted octanol–water partition coefficient (Wildman–Crippen LogP) is 1.15. The van der Waals surface area contributed by atoms with Crippen molar-refractivity contribution in [3.05, 3.63) is 23.4 Å². The lowest BCUT2D eigenvalue weighted by molar-refractivity contribution is -0.142. The van der Waals surface area contributed by atoms with Gasteiger partial charge in [-0.05, 0) is 6.42 Å². The van der Waals surface area contributed by atoms with E-state index in [9.17, 15) is 19.8 Å². The summed E-state index contributed by atoms with van der Waals surface area (Å²) >= 11 is 0. The van der Waals surface area contributed by atoms with Gasteiger partial charge in [0.2, 0.25) is 0 Å². The van der Waals surface area contributed by atoms with Gasteiger partial charge in [-0.25, -0.2) is 4.79 Å². The molecule has 0 bridgehead atoms. The largest absolute Gasteiger partial charge is 0.494 e. The van der Waals surface area contributed by atoms with Crippen LogP contribution >= 0.6 is 0 Å². The molecule has 0 saturated carbocycles. The Morgan fingerprint density at radius 3 is 2.80 bits per heavy atom. The van der Waals surface area contributed by atoms with Crippen molar-refractivity contribution in [2.75, 3.05) is 0 Å². The van der Waals surface area contributed by atoms with E-state index in [0.717, 1.165) is 0 Å².